The van der Waals surface area contributed by atoms with Gasteiger partial charge in [0, 0.05) is 22.8 Å². The summed E-state index contributed by atoms with van der Waals surface area (Å²) in [4.78, 5) is 4.91. The first-order chi connectivity index (χ1) is 10.0. The highest BCUT2D eigenvalue weighted by Gasteiger charge is 2.11. The zero-order valence-corrected chi connectivity index (χ0v) is 13.0. The van der Waals surface area contributed by atoms with Crippen LogP contribution in [0.25, 0.3) is 21.8 Å². The van der Waals surface area contributed by atoms with Crippen molar-refractivity contribution < 1.29 is 8.42 Å². The molecule has 1 heterocycles. The first-order valence-electron chi connectivity index (χ1n) is 6.35. The van der Waals surface area contributed by atoms with Crippen LogP contribution in [0, 0.1) is 0 Å². The number of nitrogens with zero attached hydrogens (tertiary/aromatic N) is 1. The molecule has 21 heavy (non-hydrogen) atoms. The van der Waals surface area contributed by atoms with Gasteiger partial charge in [0.1, 0.15) is 5.01 Å². The Morgan fingerprint density at radius 1 is 0.952 bits per heavy atom. The van der Waals surface area contributed by atoms with Crippen molar-refractivity contribution in [3.05, 3.63) is 60.0 Å². The quantitative estimate of drug-likeness (QED) is 0.737. The van der Waals surface area contributed by atoms with Crippen LogP contribution in [0.2, 0.25) is 0 Å². The molecule has 0 atom stereocenters. The Morgan fingerprint density at radius 3 is 2.38 bits per heavy atom. The summed E-state index contributed by atoms with van der Waals surface area (Å²) in [5.41, 5.74) is 2.78. The van der Waals surface area contributed by atoms with Gasteiger partial charge in [-0.15, -0.1) is 11.3 Å². The molecule has 106 valence electrons. The first kappa shape index (κ1) is 14.0. The highest BCUT2D eigenvalue weighted by atomic mass is 32.2. The van der Waals surface area contributed by atoms with Gasteiger partial charge in [0.25, 0.3) is 0 Å². The topological polar surface area (TPSA) is 47.0 Å². The monoisotopic (exact) mass is 315 g/mol. The molecule has 1 aromatic heterocycles. The molecule has 3 aromatic rings. The predicted octanol–water partition coefficient (Wildman–Crippen LogP) is 3.88. The van der Waals surface area contributed by atoms with Gasteiger partial charge < -0.3 is 0 Å². The van der Waals surface area contributed by atoms with E-state index in [1.807, 2.05) is 41.8 Å². The van der Waals surface area contributed by atoms with Crippen molar-refractivity contribution in [2.75, 3.05) is 6.26 Å². The normalized spacial score (nSPS) is 11.5. The average molecular weight is 315 g/mol. The molecular formula is C16H13NO2S2. The average Bonchev–Trinajstić information content (AvgIpc) is 2.97. The molecule has 0 spiro atoms. The number of benzene rings is 2. The number of rotatable bonds is 3. The second-order valence-electron chi connectivity index (χ2n) is 4.70. The summed E-state index contributed by atoms with van der Waals surface area (Å²) in [6.45, 7) is 0. The zero-order valence-electron chi connectivity index (χ0n) is 11.4. The van der Waals surface area contributed by atoms with Gasteiger partial charge in [-0.1, -0.05) is 42.5 Å². The van der Waals surface area contributed by atoms with E-state index in [4.69, 9.17) is 0 Å². The van der Waals surface area contributed by atoms with E-state index in [1.165, 1.54) is 17.6 Å². The number of thiazole rings is 1. The highest BCUT2D eigenvalue weighted by Crippen LogP contribution is 2.29. The maximum atomic E-state index is 11.6. The van der Waals surface area contributed by atoms with Crippen molar-refractivity contribution in [2.24, 2.45) is 0 Å². The van der Waals surface area contributed by atoms with Gasteiger partial charge in [0.05, 0.1) is 10.6 Å². The molecule has 0 bridgehead atoms. The van der Waals surface area contributed by atoms with Crippen molar-refractivity contribution in [3.8, 4) is 21.8 Å². The minimum absolute atomic E-state index is 0.316. The number of aromatic nitrogens is 1. The zero-order chi connectivity index (χ0) is 14.9. The van der Waals surface area contributed by atoms with E-state index in [2.05, 4.69) is 4.98 Å². The summed E-state index contributed by atoms with van der Waals surface area (Å²) < 4.78 is 23.3. The van der Waals surface area contributed by atoms with Crippen molar-refractivity contribution in [2.45, 2.75) is 4.90 Å². The van der Waals surface area contributed by atoms with E-state index in [1.54, 1.807) is 18.2 Å². The molecule has 0 aliphatic rings. The van der Waals surface area contributed by atoms with E-state index in [0.717, 1.165) is 21.8 Å². The Kier molecular flexibility index (Phi) is 3.61. The molecule has 3 rings (SSSR count). The molecule has 0 unspecified atom stereocenters. The van der Waals surface area contributed by atoms with Crippen LogP contribution in [-0.4, -0.2) is 19.7 Å². The van der Waals surface area contributed by atoms with E-state index in [0.29, 0.717) is 4.90 Å². The summed E-state index contributed by atoms with van der Waals surface area (Å²) in [7, 11) is -3.20. The second kappa shape index (κ2) is 5.42. The van der Waals surface area contributed by atoms with Gasteiger partial charge in [-0.2, -0.15) is 0 Å². The van der Waals surface area contributed by atoms with Crippen LogP contribution in [0.3, 0.4) is 0 Å². The third kappa shape index (κ3) is 3.04. The van der Waals surface area contributed by atoms with Gasteiger partial charge in [0.15, 0.2) is 9.84 Å². The molecular weight excluding hydrogens is 302 g/mol. The highest BCUT2D eigenvalue weighted by molar-refractivity contribution is 7.90. The lowest BCUT2D eigenvalue weighted by molar-refractivity contribution is 0.602. The van der Waals surface area contributed by atoms with Crippen molar-refractivity contribution in [3.63, 3.8) is 0 Å². The number of hydrogen-bond acceptors (Lipinski definition) is 4. The Balaban J connectivity index is 2.01. The molecule has 0 fully saturated rings. The fourth-order valence-electron chi connectivity index (χ4n) is 2.01. The molecule has 0 aliphatic carbocycles. The lowest BCUT2D eigenvalue weighted by Gasteiger charge is -2.01. The standard InChI is InChI=1S/C16H13NO2S2/c1-21(18,19)14-9-5-8-13(10-14)16-17-15(11-20-16)12-6-3-2-4-7-12/h2-11H,1H3. The molecule has 0 amide bonds. The van der Waals surface area contributed by atoms with Gasteiger partial charge in [-0.3, -0.25) is 0 Å². The Labute approximate surface area is 127 Å². The molecule has 0 saturated carbocycles. The van der Waals surface area contributed by atoms with Crippen LogP contribution in [0.1, 0.15) is 0 Å². The Morgan fingerprint density at radius 2 is 1.67 bits per heavy atom. The van der Waals surface area contributed by atoms with Crippen LogP contribution in [0.5, 0.6) is 0 Å². The fraction of sp³-hybridized carbons (Fsp3) is 0.0625. The van der Waals surface area contributed by atoms with E-state index in [-0.39, 0.29) is 0 Å². The summed E-state index contributed by atoms with van der Waals surface area (Å²) >= 11 is 1.51. The lowest BCUT2D eigenvalue weighted by atomic mass is 10.2. The molecule has 0 aliphatic heterocycles. The van der Waals surface area contributed by atoms with Gasteiger partial charge in [-0.25, -0.2) is 13.4 Å². The minimum atomic E-state index is -3.20. The maximum Gasteiger partial charge on any atom is 0.175 e. The number of sulfone groups is 1. The second-order valence-corrected chi connectivity index (χ2v) is 7.58. The van der Waals surface area contributed by atoms with Crippen molar-refractivity contribution in [1.29, 1.82) is 0 Å². The molecule has 3 nitrogen and oxygen atoms in total. The largest absolute Gasteiger partial charge is 0.236 e. The van der Waals surface area contributed by atoms with Crippen LogP contribution >= 0.6 is 11.3 Å². The summed E-state index contributed by atoms with van der Waals surface area (Å²) in [5.74, 6) is 0. The van der Waals surface area contributed by atoms with Crippen molar-refractivity contribution >= 4 is 21.2 Å². The lowest BCUT2D eigenvalue weighted by Crippen LogP contribution is -1.96. The molecule has 5 heteroatoms. The SMILES string of the molecule is CS(=O)(=O)c1cccc(-c2nc(-c3ccccc3)cs2)c1. The van der Waals surface area contributed by atoms with Crippen LogP contribution < -0.4 is 0 Å². The van der Waals surface area contributed by atoms with Gasteiger partial charge in [-0.05, 0) is 12.1 Å². The molecule has 0 saturated heterocycles. The predicted molar refractivity (Wildman–Crippen MR) is 86.1 cm³/mol. The smallest absolute Gasteiger partial charge is 0.175 e. The maximum absolute atomic E-state index is 11.6. The Bertz CT molecular complexity index is 868. The summed E-state index contributed by atoms with van der Waals surface area (Å²) in [5, 5.41) is 2.80. The van der Waals surface area contributed by atoms with Crippen LogP contribution in [-0.2, 0) is 9.84 Å². The van der Waals surface area contributed by atoms with Gasteiger partial charge in [0.2, 0.25) is 0 Å². The number of hydrogen-bond donors (Lipinski definition) is 0. The minimum Gasteiger partial charge on any atom is -0.236 e. The third-order valence-corrected chi connectivity index (χ3v) is 5.08. The molecule has 0 radical (unpaired) electrons. The third-order valence-electron chi connectivity index (χ3n) is 3.08. The van der Waals surface area contributed by atoms with Crippen LogP contribution in [0.15, 0.2) is 64.9 Å². The van der Waals surface area contributed by atoms with Crippen LogP contribution in [0.4, 0.5) is 0 Å². The summed E-state index contributed by atoms with van der Waals surface area (Å²) in [6, 6.07) is 16.8. The van der Waals surface area contributed by atoms with E-state index in [9.17, 15) is 8.42 Å². The molecule has 2 aromatic carbocycles. The van der Waals surface area contributed by atoms with Gasteiger partial charge >= 0.3 is 0 Å². The fourth-order valence-corrected chi connectivity index (χ4v) is 3.50. The molecule has 0 N–H and O–H groups in total. The van der Waals surface area contributed by atoms with E-state index >= 15 is 0 Å². The Hall–Kier alpha value is -1.98. The first-order valence-corrected chi connectivity index (χ1v) is 9.12. The van der Waals surface area contributed by atoms with Crippen molar-refractivity contribution in [1.82, 2.24) is 4.98 Å². The summed E-state index contributed by atoms with van der Waals surface area (Å²) in [6.07, 6.45) is 1.21. The van der Waals surface area contributed by atoms with E-state index < -0.39 is 9.84 Å².